The molecule has 1 N–H and O–H groups in total. The molecular weight excluding hydrogens is 298 g/mol. The number of aromatic nitrogens is 2. The van der Waals surface area contributed by atoms with Gasteiger partial charge >= 0.3 is 11.9 Å². The van der Waals surface area contributed by atoms with Gasteiger partial charge in [-0.05, 0) is 25.1 Å². The van der Waals surface area contributed by atoms with Crippen molar-refractivity contribution in [2.24, 2.45) is 7.05 Å². The molecule has 1 aromatic heterocycles. The summed E-state index contributed by atoms with van der Waals surface area (Å²) in [7, 11) is 1.88. The molecule has 0 saturated carbocycles. The number of rotatable bonds is 2. The zero-order chi connectivity index (χ0) is 16.8. The summed E-state index contributed by atoms with van der Waals surface area (Å²) < 4.78 is 11.9. The Kier molecular flexibility index (Phi) is 3.35. The van der Waals surface area contributed by atoms with Gasteiger partial charge < -0.3 is 14.8 Å². The highest BCUT2D eigenvalue weighted by molar-refractivity contribution is 6.15. The van der Waals surface area contributed by atoms with Crippen molar-refractivity contribution < 1.29 is 19.1 Å². The Morgan fingerprint density at radius 2 is 1.87 bits per heavy atom. The number of nitrogens with zero attached hydrogens (tertiary/aromatic N) is 2. The summed E-state index contributed by atoms with van der Waals surface area (Å²) in [6.07, 6.45) is 1.29. The third kappa shape index (κ3) is 2.77. The van der Waals surface area contributed by atoms with Crippen molar-refractivity contribution >= 4 is 28.5 Å². The molecule has 1 saturated heterocycles. The van der Waals surface area contributed by atoms with Gasteiger partial charge in [0.05, 0.1) is 5.52 Å². The van der Waals surface area contributed by atoms with Gasteiger partial charge in [0.1, 0.15) is 0 Å². The van der Waals surface area contributed by atoms with Crippen LogP contribution in [0.1, 0.15) is 19.5 Å². The van der Waals surface area contributed by atoms with E-state index in [0.717, 1.165) is 16.6 Å². The number of hydrogen-bond acceptors (Lipinski definition) is 6. The highest BCUT2D eigenvalue weighted by atomic mass is 16.7. The molecule has 1 aliphatic heterocycles. The third-order valence-electron chi connectivity index (χ3n) is 3.63. The lowest BCUT2D eigenvalue weighted by Gasteiger charge is -2.29. The standard InChI is InChI=1S/C16H17N3O4/c1-9-11-6-5-10(7-13(11)18-19(9)4)17-8-12-14(20)22-16(2,3)23-15(12)21/h5-8,17H,1-4H3. The van der Waals surface area contributed by atoms with Crippen LogP contribution in [0.3, 0.4) is 0 Å². The largest absolute Gasteiger partial charge is 0.419 e. The molecule has 0 atom stereocenters. The Labute approximate surface area is 132 Å². The highest BCUT2D eigenvalue weighted by Gasteiger charge is 2.38. The average Bonchev–Trinajstić information content (AvgIpc) is 2.71. The summed E-state index contributed by atoms with van der Waals surface area (Å²) in [5, 5.41) is 8.35. The number of ether oxygens (including phenoxy) is 2. The maximum absolute atomic E-state index is 11.9. The molecule has 0 spiro atoms. The fraction of sp³-hybridized carbons (Fsp3) is 0.312. The monoisotopic (exact) mass is 315 g/mol. The number of carbonyl (C=O) groups is 2. The molecule has 1 aromatic carbocycles. The summed E-state index contributed by atoms with van der Waals surface area (Å²) in [4.78, 5) is 23.7. The van der Waals surface area contributed by atoms with Crippen LogP contribution < -0.4 is 5.32 Å². The van der Waals surface area contributed by atoms with Crippen LogP contribution >= 0.6 is 0 Å². The lowest BCUT2D eigenvalue weighted by atomic mass is 10.2. The van der Waals surface area contributed by atoms with E-state index in [4.69, 9.17) is 9.47 Å². The van der Waals surface area contributed by atoms with Crippen molar-refractivity contribution in [2.75, 3.05) is 5.32 Å². The van der Waals surface area contributed by atoms with Crippen molar-refractivity contribution in [1.29, 1.82) is 0 Å². The zero-order valence-electron chi connectivity index (χ0n) is 13.3. The molecule has 120 valence electrons. The zero-order valence-corrected chi connectivity index (χ0v) is 13.3. The topological polar surface area (TPSA) is 82.4 Å². The first-order valence-corrected chi connectivity index (χ1v) is 7.13. The minimum Gasteiger partial charge on any atom is -0.419 e. The third-order valence-corrected chi connectivity index (χ3v) is 3.63. The Morgan fingerprint density at radius 3 is 2.52 bits per heavy atom. The van der Waals surface area contributed by atoms with Crippen LogP contribution in [0, 0.1) is 6.92 Å². The average molecular weight is 315 g/mol. The first-order chi connectivity index (χ1) is 10.8. The second-order valence-electron chi connectivity index (χ2n) is 5.82. The number of anilines is 1. The molecule has 7 heteroatoms. The normalized spacial score (nSPS) is 17.0. The number of carbonyl (C=O) groups excluding carboxylic acids is 2. The Morgan fingerprint density at radius 1 is 1.22 bits per heavy atom. The van der Waals surface area contributed by atoms with Gasteiger partial charge in [0, 0.05) is 43.9 Å². The van der Waals surface area contributed by atoms with E-state index in [1.54, 1.807) is 4.68 Å². The quantitative estimate of drug-likeness (QED) is 0.518. The summed E-state index contributed by atoms with van der Waals surface area (Å²) >= 11 is 0. The summed E-state index contributed by atoms with van der Waals surface area (Å²) in [5.74, 6) is -2.67. The lowest BCUT2D eigenvalue weighted by Crippen LogP contribution is -2.42. The molecule has 3 rings (SSSR count). The van der Waals surface area contributed by atoms with Gasteiger partial charge in [-0.3, -0.25) is 4.68 Å². The first-order valence-electron chi connectivity index (χ1n) is 7.13. The second-order valence-corrected chi connectivity index (χ2v) is 5.82. The van der Waals surface area contributed by atoms with Gasteiger partial charge in [-0.2, -0.15) is 5.10 Å². The number of aryl methyl sites for hydroxylation is 2. The number of nitrogens with one attached hydrogen (secondary N) is 1. The number of hydrogen-bond donors (Lipinski definition) is 1. The van der Waals surface area contributed by atoms with E-state index >= 15 is 0 Å². The van der Waals surface area contributed by atoms with Crippen LogP contribution in [-0.2, 0) is 26.1 Å². The van der Waals surface area contributed by atoms with E-state index in [2.05, 4.69) is 10.4 Å². The molecule has 0 bridgehead atoms. The Balaban J connectivity index is 1.85. The second kappa shape index (κ2) is 5.12. The van der Waals surface area contributed by atoms with Gasteiger partial charge in [-0.1, -0.05) is 0 Å². The molecular formula is C16H17N3O4. The van der Waals surface area contributed by atoms with Crippen LogP contribution in [0.4, 0.5) is 5.69 Å². The lowest BCUT2D eigenvalue weighted by molar-refractivity contribution is -0.222. The molecule has 0 aliphatic carbocycles. The SMILES string of the molecule is Cc1c2ccc(NC=C3C(=O)OC(C)(C)OC3=O)cc2nn1C. The number of fused-ring (bicyclic) bond motifs is 1. The minimum atomic E-state index is -1.24. The highest BCUT2D eigenvalue weighted by Crippen LogP contribution is 2.24. The molecule has 1 fully saturated rings. The van der Waals surface area contributed by atoms with Crippen LogP contribution in [0.2, 0.25) is 0 Å². The van der Waals surface area contributed by atoms with E-state index < -0.39 is 17.7 Å². The molecule has 0 unspecified atom stereocenters. The van der Waals surface area contributed by atoms with E-state index in [9.17, 15) is 9.59 Å². The van der Waals surface area contributed by atoms with Crippen molar-refractivity contribution in [3.63, 3.8) is 0 Å². The van der Waals surface area contributed by atoms with Gasteiger partial charge in [0.15, 0.2) is 5.57 Å². The Hall–Kier alpha value is -2.83. The van der Waals surface area contributed by atoms with Gasteiger partial charge in [0.25, 0.3) is 5.79 Å². The molecule has 2 heterocycles. The molecule has 0 amide bonds. The predicted molar refractivity (Wildman–Crippen MR) is 83.4 cm³/mol. The van der Waals surface area contributed by atoms with Gasteiger partial charge in [0.2, 0.25) is 0 Å². The minimum absolute atomic E-state index is 0.179. The van der Waals surface area contributed by atoms with Gasteiger partial charge in [-0.15, -0.1) is 0 Å². The number of esters is 2. The fourth-order valence-corrected chi connectivity index (χ4v) is 2.35. The maximum atomic E-state index is 11.9. The van der Waals surface area contributed by atoms with Crippen LogP contribution in [-0.4, -0.2) is 27.5 Å². The van der Waals surface area contributed by atoms with Crippen molar-refractivity contribution in [1.82, 2.24) is 9.78 Å². The molecule has 23 heavy (non-hydrogen) atoms. The van der Waals surface area contributed by atoms with Gasteiger partial charge in [-0.25, -0.2) is 9.59 Å². The van der Waals surface area contributed by atoms with E-state index in [1.165, 1.54) is 20.0 Å². The Bertz CT molecular complexity index is 826. The van der Waals surface area contributed by atoms with E-state index in [-0.39, 0.29) is 5.57 Å². The van der Waals surface area contributed by atoms with Crippen LogP contribution in [0.25, 0.3) is 10.9 Å². The maximum Gasteiger partial charge on any atom is 0.350 e. The van der Waals surface area contributed by atoms with Crippen LogP contribution in [0.5, 0.6) is 0 Å². The van der Waals surface area contributed by atoms with E-state index in [1.807, 2.05) is 32.2 Å². The van der Waals surface area contributed by atoms with Crippen molar-refractivity contribution in [3.05, 3.63) is 35.7 Å². The molecule has 7 nitrogen and oxygen atoms in total. The van der Waals surface area contributed by atoms with E-state index in [0.29, 0.717) is 5.69 Å². The molecule has 0 radical (unpaired) electrons. The smallest absolute Gasteiger partial charge is 0.350 e. The predicted octanol–water partition coefficient (Wildman–Crippen LogP) is 2.01. The summed E-state index contributed by atoms with van der Waals surface area (Å²) in [6.45, 7) is 4.99. The van der Waals surface area contributed by atoms with Crippen molar-refractivity contribution in [3.8, 4) is 0 Å². The first kappa shape index (κ1) is 15.1. The van der Waals surface area contributed by atoms with Crippen LogP contribution in [0.15, 0.2) is 30.0 Å². The molecule has 1 aliphatic rings. The summed E-state index contributed by atoms with van der Waals surface area (Å²) in [6, 6.07) is 5.61. The number of benzene rings is 1. The van der Waals surface area contributed by atoms with Crippen molar-refractivity contribution in [2.45, 2.75) is 26.6 Å². The molecule has 2 aromatic rings. The number of cyclic esters (lactones) is 2. The summed E-state index contributed by atoms with van der Waals surface area (Å²) in [5.41, 5.74) is 2.41. The fourth-order valence-electron chi connectivity index (χ4n) is 2.35.